The van der Waals surface area contributed by atoms with Gasteiger partial charge in [0.2, 0.25) is 0 Å². The van der Waals surface area contributed by atoms with Gasteiger partial charge in [-0.15, -0.1) is 0 Å². The zero-order valence-corrected chi connectivity index (χ0v) is 20.6. The van der Waals surface area contributed by atoms with Crippen LogP contribution in [0.3, 0.4) is 0 Å². The lowest BCUT2D eigenvalue weighted by molar-refractivity contribution is 0.426. The highest BCUT2D eigenvalue weighted by Gasteiger charge is 2.26. The molecule has 4 heterocycles. The van der Waals surface area contributed by atoms with Crippen molar-refractivity contribution in [2.24, 2.45) is 0 Å². The van der Waals surface area contributed by atoms with E-state index >= 15 is 0 Å². The molecule has 0 unspecified atom stereocenters. The second-order valence-corrected chi connectivity index (χ2v) is 10.2. The Kier molecular flexibility index (Phi) is 4.35. The first kappa shape index (κ1) is 21.2. The van der Waals surface area contributed by atoms with Crippen molar-refractivity contribution in [1.82, 2.24) is 14.5 Å². The van der Waals surface area contributed by atoms with Crippen molar-refractivity contribution >= 4 is 32.6 Å². The smallest absolute Gasteiger partial charge is 0.200 e. The highest BCUT2D eigenvalue weighted by atomic mass is 16.3. The van der Waals surface area contributed by atoms with Crippen molar-refractivity contribution < 1.29 is 10.2 Å². The minimum atomic E-state index is -0.0408. The maximum absolute atomic E-state index is 11.1. The standard InChI is InChI=1S/C33H25N3O2/c37-32-29(30(33(38)35-32)27-18-36-15-5-9-20-8-4-12-24(27)31(20)36)26-17-34-28-14-13-21(16-25(26)28)23-11-3-7-19-6-1-2-10-22(19)23/h1-4,6-8,10-14,16-18,34-35,37-38H,5,9,15H2. The number of nitrogens with zero attached hydrogens (tertiary/aromatic N) is 1. The third-order valence-corrected chi connectivity index (χ3v) is 8.11. The Morgan fingerprint density at radius 1 is 0.711 bits per heavy atom. The van der Waals surface area contributed by atoms with Crippen molar-refractivity contribution in [3.8, 4) is 45.1 Å². The van der Waals surface area contributed by atoms with Gasteiger partial charge in [-0.05, 0) is 52.4 Å². The van der Waals surface area contributed by atoms with E-state index in [9.17, 15) is 10.2 Å². The molecule has 0 spiro atoms. The van der Waals surface area contributed by atoms with Gasteiger partial charge >= 0.3 is 0 Å². The lowest BCUT2D eigenvalue weighted by Crippen LogP contribution is -2.05. The molecule has 8 rings (SSSR count). The van der Waals surface area contributed by atoms with Gasteiger partial charge in [-0.25, -0.2) is 0 Å². The van der Waals surface area contributed by atoms with Crippen LogP contribution in [0.2, 0.25) is 0 Å². The average molecular weight is 496 g/mol. The van der Waals surface area contributed by atoms with Crippen LogP contribution in [0.15, 0.2) is 91.3 Å². The first-order valence-electron chi connectivity index (χ1n) is 13.0. The van der Waals surface area contributed by atoms with Crippen LogP contribution < -0.4 is 0 Å². The van der Waals surface area contributed by atoms with Crippen molar-refractivity contribution in [2.45, 2.75) is 19.4 Å². The van der Waals surface area contributed by atoms with E-state index in [1.807, 2.05) is 6.20 Å². The average Bonchev–Trinajstić information content (AvgIpc) is 3.61. The minimum absolute atomic E-state index is 0.0271. The largest absolute Gasteiger partial charge is 0.494 e. The molecule has 0 atom stereocenters. The van der Waals surface area contributed by atoms with E-state index in [2.05, 4.69) is 99.6 Å². The quantitative estimate of drug-likeness (QED) is 0.201. The predicted octanol–water partition coefficient (Wildman–Crippen LogP) is 7.96. The van der Waals surface area contributed by atoms with Gasteiger partial charge in [0.05, 0.1) is 16.6 Å². The molecule has 5 heteroatoms. The monoisotopic (exact) mass is 495 g/mol. The zero-order valence-electron chi connectivity index (χ0n) is 20.6. The molecular weight excluding hydrogens is 470 g/mol. The van der Waals surface area contributed by atoms with Gasteiger partial charge < -0.3 is 19.8 Å². The second kappa shape index (κ2) is 7.80. The molecule has 0 saturated heterocycles. The molecule has 4 aromatic carbocycles. The highest BCUT2D eigenvalue weighted by Crippen LogP contribution is 2.49. The zero-order chi connectivity index (χ0) is 25.4. The summed E-state index contributed by atoms with van der Waals surface area (Å²) in [4.78, 5) is 6.19. The van der Waals surface area contributed by atoms with Crippen LogP contribution in [-0.4, -0.2) is 24.7 Å². The summed E-state index contributed by atoms with van der Waals surface area (Å²) in [5.74, 6) is -0.0679. The summed E-state index contributed by atoms with van der Waals surface area (Å²) in [5.41, 5.74) is 8.78. The summed E-state index contributed by atoms with van der Waals surface area (Å²) in [6, 6.07) is 27.5. The van der Waals surface area contributed by atoms with Gasteiger partial charge in [-0.1, -0.05) is 66.7 Å². The number of H-pyrrole nitrogens is 2. The van der Waals surface area contributed by atoms with Gasteiger partial charge in [0.1, 0.15) is 0 Å². The number of aromatic amines is 2. The van der Waals surface area contributed by atoms with E-state index in [0.29, 0.717) is 11.1 Å². The lowest BCUT2D eigenvalue weighted by atomic mass is 9.94. The third-order valence-electron chi connectivity index (χ3n) is 8.11. The molecule has 1 aliphatic heterocycles. The summed E-state index contributed by atoms with van der Waals surface area (Å²) in [6.07, 6.45) is 6.19. The molecule has 0 saturated carbocycles. The predicted molar refractivity (Wildman–Crippen MR) is 154 cm³/mol. The summed E-state index contributed by atoms with van der Waals surface area (Å²) >= 11 is 0. The van der Waals surface area contributed by atoms with Crippen LogP contribution in [0.4, 0.5) is 0 Å². The van der Waals surface area contributed by atoms with Gasteiger partial charge in [-0.3, -0.25) is 4.98 Å². The topological polar surface area (TPSA) is 77.0 Å². The van der Waals surface area contributed by atoms with Gasteiger partial charge in [0.15, 0.2) is 11.8 Å². The maximum Gasteiger partial charge on any atom is 0.200 e. The maximum atomic E-state index is 11.1. The Bertz CT molecular complexity index is 2030. The van der Waals surface area contributed by atoms with Crippen LogP contribution >= 0.6 is 0 Å². The number of hydrogen-bond acceptors (Lipinski definition) is 2. The van der Waals surface area contributed by atoms with Crippen molar-refractivity contribution in [2.75, 3.05) is 0 Å². The number of hydrogen-bond donors (Lipinski definition) is 4. The Hall–Kier alpha value is -4.90. The van der Waals surface area contributed by atoms with Crippen LogP contribution in [-0.2, 0) is 13.0 Å². The molecular formula is C33H25N3O2. The van der Waals surface area contributed by atoms with E-state index in [0.717, 1.165) is 57.9 Å². The molecule has 0 amide bonds. The highest BCUT2D eigenvalue weighted by molar-refractivity contribution is 6.09. The van der Waals surface area contributed by atoms with Gasteiger partial charge in [0.25, 0.3) is 0 Å². The molecule has 38 heavy (non-hydrogen) atoms. The molecule has 5 nitrogen and oxygen atoms in total. The number of benzene rings is 4. The number of rotatable bonds is 3. The molecule has 0 radical (unpaired) electrons. The Balaban J connectivity index is 1.37. The molecule has 184 valence electrons. The van der Waals surface area contributed by atoms with E-state index < -0.39 is 0 Å². The summed E-state index contributed by atoms with van der Waals surface area (Å²) < 4.78 is 2.28. The van der Waals surface area contributed by atoms with Crippen LogP contribution in [0.25, 0.3) is 66.0 Å². The minimum Gasteiger partial charge on any atom is -0.494 e. The van der Waals surface area contributed by atoms with Crippen molar-refractivity contribution in [1.29, 1.82) is 0 Å². The fourth-order valence-corrected chi connectivity index (χ4v) is 6.43. The van der Waals surface area contributed by atoms with E-state index in [4.69, 9.17) is 0 Å². The summed E-state index contributed by atoms with van der Waals surface area (Å²) in [5, 5.41) is 26.7. The first-order valence-corrected chi connectivity index (χ1v) is 13.0. The molecule has 1 aliphatic rings. The normalized spacial score (nSPS) is 13.2. The van der Waals surface area contributed by atoms with E-state index in [1.54, 1.807) is 0 Å². The Labute approximate surface area is 218 Å². The molecule has 3 aromatic heterocycles. The van der Waals surface area contributed by atoms with Gasteiger partial charge in [0, 0.05) is 46.4 Å². The van der Waals surface area contributed by atoms with E-state index in [-0.39, 0.29) is 11.8 Å². The third kappa shape index (κ3) is 2.93. The molecule has 7 aromatic rings. The van der Waals surface area contributed by atoms with Crippen LogP contribution in [0, 0.1) is 0 Å². The molecule has 0 bridgehead atoms. The Morgan fingerprint density at radius 3 is 2.42 bits per heavy atom. The van der Waals surface area contributed by atoms with Crippen LogP contribution in [0.1, 0.15) is 12.0 Å². The number of aromatic nitrogens is 3. The number of aromatic hydroxyl groups is 2. The second-order valence-electron chi connectivity index (χ2n) is 10.2. The summed E-state index contributed by atoms with van der Waals surface area (Å²) in [7, 11) is 0. The van der Waals surface area contributed by atoms with E-state index in [1.165, 1.54) is 21.9 Å². The SMILES string of the molecule is Oc1[nH]c(O)c(-c2cn3c4c(cccc24)CCC3)c1-c1c[nH]c2ccc(-c3cccc4ccccc34)cc12. The fraction of sp³-hybridized carbons (Fsp3) is 0.0909. The fourth-order valence-electron chi connectivity index (χ4n) is 6.43. The number of fused-ring (bicyclic) bond motifs is 2. The lowest BCUT2D eigenvalue weighted by Gasteiger charge is -2.14. The first-order chi connectivity index (χ1) is 18.7. The molecule has 4 N–H and O–H groups in total. The van der Waals surface area contributed by atoms with Gasteiger partial charge in [-0.2, -0.15) is 0 Å². The number of para-hydroxylation sites is 1. The summed E-state index contributed by atoms with van der Waals surface area (Å²) in [6.45, 7) is 0.946. The number of nitrogens with one attached hydrogen (secondary N) is 2. The van der Waals surface area contributed by atoms with Crippen molar-refractivity contribution in [3.63, 3.8) is 0 Å². The van der Waals surface area contributed by atoms with Crippen LogP contribution in [0.5, 0.6) is 11.8 Å². The van der Waals surface area contributed by atoms with Crippen molar-refractivity contribution in [3.05, 3.63) is 96.8 Å². The number of aryl methyl sites for hydroxylation is 2. The molecule has 0 aliphatic carbocycles. The molecule has 0 fully saturated rings. The Morgan fingerprint density at radius 2 is 1.50 bits per heavy atom.